The Morgan fingerprint density at radius 1 is 0.708 bits per heavy atom. The molecule has 0 aliphatic heterocycles. The van der Waals surface area contributed by atoms with Gasteiger partial charge in [-0.3, -0.25) is 19.9 Å². The highest BCUT2D eigenvalue weighted by Gasteiger charge is 2.34. The number of aromatic nitrogens is 4. The standard InChI is InChI=1S/C16H12F3IN2O2S.C16H12F3IN2S/c1-2-25(23,24)14-6-12(20)8-22-15(14)10-3-9-4-11(16(17,18)19)7-21-13(9)5-10;1-2-23-14-6-12(20)8-22-15(14)10-3-9-4-11(16(17,18)19)7-21-13(9)5-10/h4-8H,2-3H2,1H3;4-8H,2-3H2,1H3. The molecule has 0 atom stereocenters. The Hall–Kier alpha value is -2.58. The maximum Gasteiger partial charge on any atom is 0.417 e. The van der Waals surface area contributed by atoms with Crippen LogP contribution in [0.5, 0.6) is 0 Å². The van der Waals surface area contributed by atoms with Gasteiger partial charge in [-0.25, -0.2) is 8.42 Å². The minimum atomic E-state index is -4.47. The van der Waals surface area contributed by atoms with E-state index in [1.165, 1.54) is 25.3 Å². The fourth-order valence-electron chi connectivity index (χ4n) is 5.02. The van der Waals surface area contributed by atoms with Crippen LogP contribution in [-0.2, 0) is 35.0 Å². The normalized spacial score (nSPS) is 14.1. The third-order valence-electron chi connectivity index (χ3n) is 7.30. The smallest absolute Gasteiger partial charge is 0.256 e. The van der Waals surface area contributed by atoms with Gasteiger partial charge in [0.2, 0.25) is 0 Å². The molecule has 48 heavy (non-hydrogen) atoms. The van der Waals surface area contributed by atoms with Gasteiger partial charge in [-0.2, -0.15) is 26.3 Å². The number of halogens is 8. The predicted octanol–water partition coefficient (Wildman–Crippen LogP) is 9.30. The molecule has 16 heteroatoms. The first-order valence-corrected chi connectivity index (χ1v) is 19.0. The van der Waals surface area contributed by atoms with Crippen LogP contribution in [0.15, 0.2) is 58.8 Å². The van der Waals surface area contributed by atoms with Gasteiger partial charge in [0.1, 0.15) is 0 Å². The van der Waals surface area contributed by atoms with Crippen LogP contribution in [-0.4, -0.2) is 39.9 Å². The second-order valence-electron chi connectivity index (χ2n) is 10.6. The van der Waals surface area contributed by atoms with E-state index in [-0.39, 0.29) is 22.8 Å². The summed E-state index contributed by atoms with van der Waals surface area (Å²) in [4.78, 5) is 17.7. The highest BCUT2D eigenvalue weighted by atomic mass is 127. The molecule has 2 aliphatic rings. The van der Waals surface area contributed by atoms with Crippen LogP contribution in [0.1, 0.15) is 58.9 Å². The summed E-state index contributed by atoms with van der Waals surface area (Å²) in [6, 6.07) is 5.81. The van der Waals surface area contributed by atoms with Gasteiger partial charge < -0.3 is 0 Å². The fraction of sp³-hybridized carbons (Fsp3) is 0.250. The van der Waals surface area contributed by atoms with Crippen molar-refractivity contribution in [3.05, 3.63) is 101 Å². The molecule has 0 unspecified atom stereocenters. The fourth-order valence-corrected chi connectivity index (χ4v) is 8.29. The number of nitrogens with zero attached hydrogens (tertiary/aromatic N) is 4. The molecular formula is C32H24F6I2N4O2S2. The predicted molar refractivity (Wildman–Crippen MR) is 190 cm³/mol. The van der Waals surface area contributed by atoms with Crippen molar-refractivity contribution in [3.63, 3.8) is 0 Å². The van der Waals surface area contributed by atoms with E-state index in [1.807, 2.05) is 28.7 Å². The number of allylic oxidation sites excluding steroid dienone is 2. The Kier molecular flexibility index (Phi) is 11.0. The molecule has 0 radical (unpaired) electrons. The van der Waals surface area contributed by atoms with Crippen molar-refractivity contribution in [1.82, 2.24) is 19.9 Å². The van der Waals surface area contributed by atoms with Crippen molar-refractivity contribution in [2.45, 2.75) is 48.8 Å². The molecule has 4 aromatic heterocycles. The molecule has 6 nitrogen and oxygen atoms in total. The van der Waals surface area contributed by atoms with Crippen LogP contribution in [0.4, 0.5) is 26.3 Å². The quantitative estimate of drug-likeness (QED) is 0.108. The van der Waals surface area contributed by atoms with Crippen molar-refractivity contribution in [1.29, 1.82) is 0 Å². The first kappa shape index (κ1) is 36.7. The second-order valence-corrected chi connectivity index (χ2v) is 16.6. The molecule has 0 N–H and O–H groups in total. The van der Waals surface area contributed by atoms with Crippen LogP contribution in [0.3, 0.4) is 0 Å². The number of rotatable bonds is 6. The molecule has 2 aliphatic carbocycles. The largest absolute Gasteiger partial charge is 0.417 e. The van der Waals surface area contributed by atoms with Crippen molar-refractivity contribution < 1.29 is 34.8 Å². The van der Waals surface area contributed by atoms with E-state index in [2.05, 4.69) is 55.5 Å². The summed E-state index contributed by atoms with van der Waals surface area (Å²) in [5, 5.41) is 0. The summed E-state index contributed by atoms with van der Waals surface area (Å²) in [6.07, 6.45) is 0.159. The molecule has 0 saturated carbocycles. The van der Waals surface area contributed by atoms with E-state index < -0.39 is 33.3 Å². The van der Waals surface area contributed by atoms with E-state index in [4.69, 9.17) is 0 Å². The SMILES string of the molecule is CCS(=O)(=O)c1cc(I)cnc1C1=Cc2ncc(C(F)(F)F)cc2C1.CCSc1cc(I)cnc1C1=Cc2ncc(C(F)(F)F)cc2C1. The lowest BCUT2D eigenvalue weighted by molar-refractivity contribution is -0.138. The van der Waals surface area contributed by atoms with Crippen LogP contribution >= 0.6 is 56.9 Å². The van der Waals surface area contributed by atoms with E-state index in [0.29, 0.717) is 38.1 Å². The third kappa shape index (κ3) is 8.23. The van der Waals surface area contributed by atoms with Crippen molar-refractivity contribution >= 4 is 90.1 Å². The molecule has 4 heterocycles. The molecule has 0 saturated heterocycles. The number of alkyl halides is 6. The Bertz CT molecular complexity index is 2070. The van der Waals surface area contributed by atoms with Crippen molar-refractivity contribution in [2.24, 2.45) is 0 Å². The van der Waals surface area contributed by atoms with Crippen LogP contribution in [0, 0.1) is 7.14 Å². The Labute approximate surface area is 304 Å². The molecule has 4 aromatic rings. The number of pyridine rings is 4. The zero-order chi connectivity index (χ0) is 35.0. The summed E-state index contributed by atoms with van der Waals surface area (Å²) >= 11 is 5.86. The zero-order valence-corrected chi connectivity index (χ0v) is 31.0. The molecule has 0 spiro atoms. The highest BCUT2D eigenvalue weighted by molar-refractivity contribution is 14.1. The molecule has 0 fully saturated rings. The average Bonchev–Trinajstić information content (AvgIpc) is 3.64. The first-order chi connectivity index (χ1) is 22.5. The second kappa shape index (κ2) is 14.3. The maximum atomic E-state index is 12.8. The van der Waals surface area contributed by atoms with E-state index in [9.17, 15) is 34.8 Å². The van der Waals surface area contributed by atoms with E-state index in [0.717, 1.165) is 43.9 Å². The van der Waals surface area contributed by atoms with Gasteiger partial charge in [0, 0.05) is 49.7 Å². The van der Waals surface area contributed by atoms with E-state index in [1.54, 1.807) is 24.0 Å². The van der Waals surface area contributed by atoms with Crippen LogP contribution in [0.2, 0.25) is 0 Å². The summed E-state index contributed by atoms with van der Waals surface area (Å²) in [5.74, 6) is 0.823. The summed E-state index contributed by atoms with van der Waals surface area (Å²) < 4.78 is 103. The number of hydrogen-bond donors (Lipinski definition) is 0. The number of hydrogen-bond acceptors (Lipinski definition) is 7. The third-order valence-corrected chi connectivity index (χ3v) is 11.1. The van der Waals surface area contributed by atoms with Gasteiger partial charge in [0.05, 0.1) is 44.6 Å². The molecule has 0 bridgehead atoms. The summed E-state index contributed by atoms with van der Waals surface area (Å²) in [7, 11) is -3.52. The minimum Gasteiger partial charge on any atom is -0.256 e. The Morgan fingerprint density at radius 2 is 1.19 bits per heavy atom. The number of thioether (sulfide) groups is 1. The monoisotopic (exact) mass is 928 g/mol. The highest BCUT2D eigenvalue weighted by Crippen LogP contribution is 2.39. The average molecular weight is 928 g/mol. The minimum absolute atomic E-state index is 0.0848. The van der Waals surface area contributed by atoms with Gasteiger partial charge in [-0.15, -0.1) is 11.8 Å². The van der Waals surface area contributed by atoms with Crippen molar-refractivity contribution in [2.75, 3.05) is 11.5 Å². The topological polar surface area (TPSA) is 85.7 Å². The lowest BCUT2D eigenvalue weighted by Gasteiger charge is -2.10. The Balaban J connectivity index is 0.000000188. The lowest BCUT2D eigenvalue weighted by Crippen LogP contribution is -2.09. The molecule has 0 amide bonds. The molecular weight excluding hydrogens is 904 g/mol. The number of sulfone groups is 1. The van der Waals surface area contributed by atoms with E-state index >= 15 is 0 Å². The molecule has 252 valence electrons. The van der Waals surface area contributed by atoms with Gasteiger partial charge in [-0.05, 0) is 110 Å². The summed E-state index contributed by atoms with van der Waals surface area (Å²) in [5.41, 5.74) is 3.06. The number of fused-ring (bicyclic) bond motifs is 2. The zero-order valence-electron chi connectivity index (χ0n) is 25.0. The Morgan fingerprint density at radius 3 is 1.67 bits per heavy atom. The lowest BCUT2D eigenvalue weighted by atomic mass is 10.1. The maximum absolute atomic E-state index is 12.8. The van der Waals surface area contributed by atoms with Gasteiger partial charge >= 0.3 is 12.4 Å². The van der Waals surface area contributed by atoms with Gasteiger partial charge in [0.25, 0.3) is 0 Å². The summed E-state index contributed by atoms with van der Waals surface area (Å²) in [6.45, 7) is 3.59. The van der Waals surface area contributed by atoms with Gasteiger partial charge in [-0.1, -0.05) is 13.8 Å². The molecule has 6 rings (SSSR count). The van der Waals surface area contributed by atoms with Crippen LogP contribution < -0.4 is 0 Å². The molecule has 0 aromatic carbocycles. The first-order valence-electron chi connectivity index (χ1n) is 14.2. The van der Waals surface area contributed by atoms with Crippen molar-refractivity contribution in [3.8, 4) is 0 Å². The van der Waals surface area contributed by atoms with Gasteiger partial charge in [0.15, 0.2) is 9.84 Å². The van der Waals surface area contributed by atoms with Crippen LogP contribution in [0.25, 0.3) is 23.3 Å².